The Kier molecular flexibility index (Phi) is 5.87. The first-order valence-electron chi connectivity index (χ1n) is 6.48. The summed E-state index contributed by atoms with van der Waals surface area (Å²) in [4.78, 5) is 4.32. The number of halogens is 2. The van der Waals surface area contributed by atoms with Gasteiger partial charge in [-0.1, -0.05) is 6.07 Å². The van der Waals surface area contributed by atoms with Crippen LogP contribution in [0.4, 0.5) is 5.82 Å². The zero-order valence-corrected chi connectivity index (χ0v) is 15.0. The molecule has 0 saturated carbocycles. The first kappa shape index (κ1) is 16.1. The van der Waals surface area contributed by atoms with E-state index in [0.717, 1.165) is 38.4 Å². The van der Waals surface area contributed by atoms with Crippen LogP contribution in [0, 0.1) is 0 Å². The van der Waals surface area contributed by atoms with Gasteiger partial charge in [-0.15, -0.1) is 0 Å². The fraction of sp³-hybridized carbons (Fsp3) is 0.267. The number of nitrogens with zero attached hydrogens (tertiary/aromatic N) is 1. The van der Waals surface area contributed by atoms with E-state index in [2.05, 4.69) is 42.2 Å². The molecule has 0 aliphatic rings. The van der Waals surface area contributed by atoms with Crippen LogP contribution in [0.25, 0.3) is 0 Å². The van der Waals surface area contributed by atoms with Crippen molar-refractivity contribution in [2.24, 2.45) is 0 Å². The van der Waals surface area contributed by atoms with Gasteiger partial charge in [-0.3, -0.25) is 0 Å². The molecule has 2 aromatic rings. The van der Waals surface area contributed by atoms with Gasteiger partial charge in [0.2, 0.25) is 0 Å². The third kappa shape index (κ3) is 4.35. The topological polar surface area (TPSA) is 43.4 Å². The molecular formula is C15H16Br2N2O2. The van der Waals surface area contributed by atoms with E-state index in [0.29, 0.717) is 6.61 Å². The number of ether oxygens (including phenoxy) is 2. The van der Waals surface area contributed by atoms with Crippen LogP contribution in [0.2, 0.25) is 0 Å². The Balaban J connectivity index is 2.04. The first-order valence-corrected chi connectivity index (χ1v) is 8.07. The quantitative estimate of drug-likeness (QED) is 0.747. The summed E-state index contributed by atoms with van der Waals surface area (Å²) in [6.07, 6.45) is 1.81. The van der Waals surface area contributed by atoms with Crippen LogP contribution in [0.15, 0.2) is 39.4 Å². The van der Waals surface area contributed by atoms with Crippen LogP contribution >= 0.6 is 31.9 Å². The lowest BCUT2D eigenvalue weighted by Gasteiger charge is -2.11. The summed E-state index contributed by atoms with van der Waals surface area (Å²) in [5.41, 5.74) is 1.01. The molecule has 2 rings (SSSR count). The van der Waals surface area contributed by atoms with Crippen LogP contribution in [0.3, 0.4) is 0 Å². The van der Waals surface area contributed by atoms with Gasteiger partial charge in [0.1, 0.15) is 23.9 Å². The highest BCUT2D eigenvalue weighted by atomic mass is 79.9. The molecule has 0 fully saturated rings. The Morgan fingerprint density at radius 1 is 1.14 bits per heavy atom. The SMILES string of the molecule is CCNc1ccc(COc2cc(Br)c(OC)cc2Br)cn1. The molecular weight excluding hydrogens is 400 g/mol. The number of nitrogens with one attached hydrogen (secondary N) is 1. The molecule has 1 heterocycles. The molecule has 0 spiro atoms. The average Bonchev–Trinajstić information content (AvgIpc) is 2.49. The largest absolute Gasteiger partial charge is 0.496 e. The van der Waals surface area contributed by atoms with E-state index in [9.17, 15) is 0 Å². The van der Waals surface area contributed by atoms with E-state index in [1.165, 1.54) is 0 Å². The molecule has 6 heteroatoms. The zero-order valence-electron chi connectivity index (χ0n) is 11.8. The number of rotatable bonds is 6. The van der Waals surface area contributed by atoms with Gasteiger partial charge in [0.15, 0.2) is 0 Å². The monoisotopic (exact) mass is 414 g/mol. The maximum atomic E-state index is 5.81. The van der Waals surface area contributed by atoms with Gasteiger partial charge in [0.05, 0.1) is 16.1 Å². The third-order valence-electron chi connectivity index (χ3n) is 2.78. The molecule has 1 aromatic carbocycles. The minimum Gasteiger partial charge on any atom is -0.496 e. The smallest absolute Gasteiger partial charge is 0.135 e. The summed E-state index contributed by atoms with van der Waals surface area (Å²) < 4.78 is 12.7. The molecule has 0 bridgehead atoms. The highest BCUT2D eigenvalue weighted by Crippen LogP contribution is 2.36. The Hall–Kier alpha value is -1.27. The van der Waals surface area contributed by atoms with E-state index in [4.69, 9.17) is 9.47 Å². The second-order valence-corrected chi connectivity index (χ2v) is 6.00. The van der Waals surface area contributed by atoms with E-state index in [-0.39, 0.29) is 0 Å². The van der Waals surface area contributed by atoms with Gasteiger partial charge in [0, 0.05) is 18.3 Å². The number of hydrogen-bond donors (Lipinski definition) is 1. The molecule has 0 atom stereocenters. The van der Waals surface area contributed by atoms with Crippen molar-refractivity contribution >= 4 is 37.7 Å². The van der Waals surface area contributed by atoms with Crippen molar-refractivity contribution < 1.29 is 9.47 Å². The lowest BCUT2D eigenvalue weighted by Crippen LogP contribution is -2.01. The lowest BCUT2D eigenvalue weighted by atomic mass is 10.3. The molecule has 0 aliphatic heterocycles. The van der Waals surface area contributed by atoms with Gasteiger partial charge in [-0.25, -0.2) is 4.98 Å². The number of pyridine rings is 1. The Morgan fingerprint density at radius 3 is 2.48 bits per heavy atom. The van der Waals surface area contributed by atoms with Crippen molar-refractivity contribution in [2.75, 3.05) is 19.0 Å². The van der Waals surface area contributed by atoms with Crippen molar-refractivity contribution in [3.8, 4) is 11.5 Å². The van der Waals surface area contributed by atoms with Gasteiger partial charge in [0.25, 0.3) is 0 Å². The first-order chi connectivity index (χ1) is 10.1. The number of hydrogen-bond acceptors (Lipinski definition) is 4. The summed E-state index contributed by atoms with van der Waals surface area (Å²) in [6, 6.07) is 7.69. The van der Waals surface area contributed by atoms with E-state index in [1.807, 2.05) is 37.4 Å². The average molecular weight is 416 g/mol. The Morgan fingerprint density at radius 2 is 1.86 bits per heavy atom. The predicted octanol–water partition coefficient (Wildman–Crippen LogP) is 4.63. The van der Waals surface area contributed by atoms with Crippen LogP contribution in [0.5, 0.6) is 11.5 Å². The van der Waals surface area contributed by atoms with Crippen molar-refractivity contribution in [3.05, 3.63) is 45.0 Å². The summed E-state index contributed by atoms with van der Waals surface area (Å²) in [7, 11) is 1.63. The van der Waals surface area contributed by atoms with Crippen molar-refractivity contribution in [2.45, 2.75) is 13.5 Å². The Bertz CT molecular complexity index is 603. The van der Waals surface area contributed by atoms with E-state index in [1.54, 1.807) is 7.11 Å². The van der Waals surface area contributed by atoms with E-state index >= 15 is 0 Å². The number of methoxy groups -OCH3 is 1. The molecule has 4 nitrogen and oxygen atoms in total. The molecule has 0 radical (unpaired) electrons. The number of benzene rings is 1. The highest BCUT2D eigenvalue weighted by molar-refractivity contribution is 9.11. The fourth-order valence-electron chi connectivity index (χ4n) is 1.73. The van der Waals surface area contributed by atoms with Crippen molar-refractivity contribution in [1.29, 1.82) is 0 Å². The minimum absolute atomic E-state index is 0.455. The van der Waals surface area contributed by atoms with Crippen molar-refractivity contribution in [1.82, 2.24) is 4.98 Å². The summed E-state index contributed by atoms with van der Waals surface area (Å²) in [5, 5.41) is 3.16. The van der Waals surface area contributed by atoms with Gasteiger partial charge < -0.3 is 14.8 Å². The lowest BCUT2D eigenvalue weighted by molar-refractivity contribution is 0.302. The summed E-state index contributed by atoms with van der Waals surface area (Å²) in [6.45, 7) is 3.35. The van der Waals surface area contributed by atoms with Crippen LogP contribution in [-0.4, -0.2) is 18.6 Å². The highest BCUT2D eigenvalue weighted by Gasteiger charge is 2.08. The summed E-state index contributed by atoms with van der Waals surface area (Å²) >= 11 is 6.92. The van der Waals surface area contributed by atoms with Crippen LogP contribution < -0.4 is 14.8 Å². The van der Waals surface area contributed by atoms with Gasteiger partial charge in [-0.2, -0.15) is 0 Å². The normalized spacial score (nSPS) is 10.3. The number of aromatic nitrogens is 1. The third-order valence-corrected chi connectivity index (χ3v) is 4.02. The molecule has 0 aliphatic carbocycles. The molecule has 112 valence electrons. The molecule has 21 heavy (non-hydrogen) atoms. The molecule has 0 amide bonds. The van der Waals surface area contributed by atoms with Crippen LogP contribution in [-0.2, 0) is 6.61 Å². The van der Waals surface area contributed by atoms with Gasteiger partial charge in [-0.05, 0) is 57.0 Å². The predicted molar refractivity (Wildman–Crippen MR) is 91.1 cm³/mol. The maximum Gasteiger partial charge on any atom is 0.135 e. The molecule has 1 aromatic heterocycles. The molecule has 1 N–H and O–H groups in total. The molecule has 0 unspecified atom stereocenters. The fourth-order valence-corrected chi connectivity index (χ4v) is 2.66. The van der Waals surface area contributed by atoms with E-state index < -0.39 is 0 Å². The minimum atomic E-state index is 0.455. The Labute approximate surface area is 141 Å². The zero-order chi connectivity index (χ0) is 15.2. The number of anilines is 1. The second kappa shape index (κ2) is 7.66. The van der Waals surface area contributed by atoms with Crippen molar-refractivity contribution in [3.63, 3.8) is 0 Å². The summed E-state index contributed by atoms with van der Waals surface area (Å²) in [5.74, 6) is 2.37. The van der Waals surface area contributed by atoms with Crippen LogP contribution in [0.1, 0.15) is 12.5 Å². The standard InChI is InChI=1S/C15H16Br2N2O2/c1-3-18-15-5-4-10(8-19-15)9-21-14-7-11(16)13(20-2)6-12(14)17/h4-8H,3,9H2,1-2H3,(H,18,19). The molecule has 0 saturated heterocycles. The maximum absolute atomic E-state index is 5.81. The second-order valence-electron chi connectivity index (χ2n) is 4.29. The van der Waals surface area contributed by atoms with Gasteiger partial charge >= 0.3 is 0 Å².